The first-order valence-corrected chi connectivity index (χ1v) is 13.2. The molecule has 0 spiro atoms. The molecule has 2 aromatic carbocycles. The predicted molar refractivity (Wildman–Crippen MR) is 150 cm³/mol. The molecule has 1 N–H and O–H groups in total. The van der Waals surface area contributed by atoms with Crippen molar-refractivity contribution >= 4 is 22.9 Å². The van der Waals surface area contributed by atoms with Gasteiger partial charge in [0.1, 0.15) is 29.8 Å². The van der Waals surface area contributed by atoms with E-state index in [-0.39, 0.29) is 35.5 Å². The van der Waals surface area contributed by atoms with Crippen LogP contribution >= 0.6 is 0 Å². The Hall–Kier alpha value is -3.72. The van der Waals surface area contributed by atoms with Crippen molar-refractivity contribution in [2.75, 3.05) is 48.9 Å². The van der Waals surface area contributed by atoms with E-state index in [1.165, 1.54) is 24.3 Å². The van der Waals surface area contributed by atoms with Gasteiger partial charge in [0.25, 0.3) is 0 Å². The van der Waals surface area contributed by atoms with Crippen molar-refractivity contribution in [2.24, 2.45) is 0 Å². The fraction of sp³-hybridized carbons (Fsp3) is 0.367. The molecular weight excluding hydrogens is 503 g/mol. The molecule has 39 heavy (non-hydrogen) atoms. The van der Waals surface area contributed by atoms with E-state index in [0.717, 1.165) is 25.9 Å². The summed E-state index contributed by atoms with van der Waals surface area (Å²) in [7, 11) is 4.15. The molecule has 2 aliphatic heterocycles. The van der Waals surface area contributed by atoms with Crippen LogP contribution in [0.5, 0.6) is 5.75 Å². The number of anilines is 4. The number of nitrogens with zero attached hydrogens (tertiary/aromatic N) is 4. The summed E-state index contributed by atoms with van der Waals surface area (Å²) < 4.78 is 50.7. The van der Waals surface area contributed by atoms with Crippen LogP contribution < -0.4 is 19.9 Å². The number of benzene rings is 2. The molecule has 3 aromatic rings. The second-order valence-electron chi connectivity index (χ2n) is 10.6. The Morgan fingerprint density at radius 2 is 1.72 bits per heavy atom. The normalized spacial score (nSPS) is 16.1. The molecule has 0 saturated carbocycles. The van der Waals surface area contributed by atoms with Gasteiger partial charge in [-0.1, -0.05) is 6.58 Å². The van der Waals surface area contributed by atoms with E-state index in [0.29, 0.717) is 34.6 Å². The maximum Gasteiger partial charge on any atom is 0.179 e. The lowest BCUT2D eigenvalue weighted by atomic mass is 10.0. The van der Waals surface area contributed by atoms with E-state index < -0.39 is 11.6 Å². The van der Waals surface area contributed by atoms with Gasteiger partial charge in [-0.2, -0.15) is 0 Å². The number of hydrogen-bond acceptors (Lipinski definition) is 6. The number of fused-ring (bicyclic) bond motifs is 1. The monoisotopic (exact) mass is 537 g/mol. The Labute approximate surface area is 227 Å². The SMILES string of the molecule is C=C1COc2c(F)cc(-c3nc(Nc4ccc(N5CCC(N(C)C)CC5)c(F)c4)ccc3F)cc2N1C(C)C. The molecule has 0 radical (unpaired) electrons. The molecular formula is C30H34F3N5O. The summed E-state index contributed by atoms with van der Waals surface area (Å²) in [6.07, 6.45) is 1.96. The van der Waals surface area contributed by atoms with Crippen LogP contribution in [0, 0.1) is 17.5 Å². The fourth-order valence-electron chi connectivity index (χ4n) is 5.40. The minimum atomic E-state index is -0.604. The van der Waals surface area contributed by atoms with Gasteiger partial charge in [0.2, 0.25) is 0 Å². The highest BCUT2D eigenvalue weighted by molar-refractivity contribution is 5.75. The summed E-state index contributed by atoms with van der Waals surface area (Å²) >= 11 is 0. The molecule has 1 saturated heterocycles. The zero-order chi connectivity index (χ0) is 27.8. The van der Waals surface area contributed by atoms with Crippen molar-refractivity contribution in [3.8, 4) is 17.0 Å². The molecule has 3 heterocycles. The molecule has 2 aliphatic rings. The van der Waals surface area contributed by atoms with Crippen LogP contribution in [0.2, 0.25) is 0 Å². The molecule has 5 rings (SSSR count). The summed E-state index contributed by atoms with van der Waals surface area (Å²) in [6, 6.07) is 11.1. The first kappa shape index (κ1) is 26.9. The summed E-state index contributed by atoms with van der Waals surface area (Å²) in [5.74, 6) is -1.13. The standard InChI is InChI=1S/C30H34F3N5O/c1-18(2)38-19(3)17-39-30-25(33)14-20(15-27(30)38)29-23(31)7-9-28(35-29)34-21-6-8-26(24(32)16-21)37-12-10-22(11-13-37)36(4)5/h6-9,14-16,18,22H,3,10-13,17H2,1-2,4-5H3,(H,34,35). The smallest absolute Gasteiger partial charge is 0.179 e. The predicted octanol–water partition coefficient (Wildman–Crippen LogP) is 6.56. The Morgan fingerprint density at radius 3 is 2.38 bits per heavy atom. The van der Waals surface area contributed by atoms with Gasteiger partial charge < -0.3 is 24.8 Å². The van der Waals surface area contributed by atoms with Gasteiger partial charge in [0.05, 0.1) is 11.4 Å². The van der Waals surface area contributed by atoms with Gasteiger partial charge in [0, 0.05) is 42.1 Å². The number of pyridine rings is 1. The van der Waals surface area contributed by atoms with E-state index in [1.54, 1.807) is 18.2 Å². The number of ether oxygens (including phenoxy) is 1. The average molecular weight is 538 g/mol. The van der Waals surface area contributed by atoms with E-state index in [1.807, 2.05) is 18.7 Å². The number of halogens is 3. The summed E-state index contributed by atoms with van der Waals surface area (Å²) in [5.41, 5.74) is 2.44. The topological polar surface area (TPSA) is 43.9 Å². The van der Waals surface area contributed by atoms with Gasteiger partial charge in [0.15, 0.2) is 11.6 Å². The van der Waals surface area contributed by atoms with E-state index in [9.17, 15) is 4.39 Å². The lowest BCUT2D eigenvalue weighted by Crippen LogP contribution is -2.42. The zero-order valence-corrected chi connectivity index (χ0v) is 22.8. The van der Waals surface area contributed by atoms with Crippen molar-refractivity contribution in [2.45, 2.75) is 38.8 Å². The number of hydrogen-bond donors (Lipinski definition) is 1. The number of aromatic nitrogens is 1. The minimum absolute atomic E-state index is 0.00202. The van der Waals surface area contributed by atoms with Crippen molar-refractivity contribution in [3.05, 3.63) is 72.2 Å². The van der Waals surface area contributed by atoms with Crippen LogP contribution in [0.3, 0.4) is 0 Å². The van der Waals surface area contributed by atoms with Crippen LogP contribution in [0.25, 0.3) is 11.3 Å². The number of nitrogens with one attached hydrogen (secondary N) is 1. The Morgan fingerprint density at radius 1 is 0.974 bits per heavy atom. The van der Waals surface area contributed by atoms with E-state index >= 15 is 8.78 Å². The van der Waals surface area contributed by atoms with E-state index in [4.69, 9.17) is 4.74 Å². The molecule has 0 aliphatic carbocycles. The van der Waals surface area contributed by atoms with E-state index in [2.05, 4.69) is 40.8 Å². The molecule has 0 atom stereocenters. The summed E-state index contributed by atoms with van der Waals surface area (Å²) in [5, 5.41) is 3.06. The molecule has 0 unspecified atom stereocenters. The Balaban J connectivity index is 1.39. The third kappa shape index (κ3) is 5.41. The minimum Gasteiger partial charge on any atom is -0.482 e. The second-order valence-corrected chi connectivity index (χ2v) is 10.6. The Bertz CT molecular complexity index is 1390. The van der Waals surface area contributed by atoms with Gasteiger partial charge in [-0.05, 0) is 83.2 Å². The lowest BCUT2D eigenvalue weighted by Gasteiger charge is -2.36. The second kappa shape index (κ2) is 10.8. The average Bonchev–Trinajstić information content (AvgIpc) is 2.89. The molecule has 9 heteroatoms. The van der Waals surface area contributed by atoms with Crippen LogP contribution in [0.15, 0.2) is 54.7 Å². The summed E-state index contributed by atoms with van der Waals surface area (Å²) in [4.78, 5) is 10.6. The van der Waals surface area contributed by atoms with Crippen LogP contribution in [-0.4, -0.2) is 55.8 Å². The summed E-state index contributed by atoms with van der Waals surface area (Å²) in [6.45, 7) is 9.71. The molecule has 1 aromatic heterocycles. The van der Waals surface area contributed by atoms with Crippen LogP contribution in [0.4, 0.5) is 36.1 Å². The molecule has 0 bridgehead atoms. The third-order valence-corrected chi connectivity index (χ3v) is 7.40. The van der Waals surface area contributed by atoms with Crippen molar-refractivity contribution in [3.63, 3.8) is 0 Å². The molecule has 1 fully saturated rings. The lowest BCUT2D eigenvalue weighted by molar-refractivity contribution is 0.249. The largest absolute Gasteiger partial charge is 0.482 e. The van der Waals surface area contributed by atoms with Crippen molar-refractivity contribution < 1.29 is 17.9 Å². The first-order valence-electron chi connectivity index (χ1n) is 13.2. The number of piperidine rings is 1. The maximum absolute atomic E-state index is 15.1. The molecule has 0 amide bonds. The highest BCUT2D eigenvalue weighted by Gasteiger charge is 2.28. The zero-order valence-electron chi connectivity index (χ0n) is 22.8. The molecule has 206 valence electrons. The third-order valence-electron chi connectivity index (χ3n) is 7.40. The van der Waals surface area contributed by atoms with Gasteiger partial charge >= 0.3 is 0 Å². The quantitative estimate of drug-likeness (QED) is 0.384. The highest BCUT2D eigenvalue weighted by atomic mass is 19.1. The first-order chi connectivity index (χ1) is 18.6. The number of rotatable bonds is 6. The van der Waals surface area contributed by atoms with Crippen molar-refractivity contribution in [1.82, 2.24) is 9.88 Å². The maximum atomic E-state index is 15.1. The van der Waals surface area contributed by atoms with Gasteiger partial charge in [-0.3, -0.25) is 0 Å². The fourth-order valence-corrected chi connectivity index (χ4v) is 5.40. The molecule has 6 nitrogen and oxygen atoms in total. The van der Waals surface area contributed by atoms with Crippen LogP contribution in [-0.2, 0) is 0 Å². The van der Waals surface area contributed by atoms with Gasteiger partial charge in [-0.25, -0.2) is 18.2 Å². The van der Waals surface area contributed by atoms with Crippen LogP contribution in [0.1, 0.15) is 26.7 Å². The highest BCUT2D eigenvalue weighted by Crippen LogP contribution is 2.42. The van der Waals surface area contributed by atoms with Crippen molar-refractivity contribution in [1.29, 1.82) is 0 Å². The Kier molecular flexibility index (Phi) is 7.44. The van der Waals surface area contributed by atoms with Gasteiger partial charge in [-0.15, -0.1) is 0 Å².